The molecule has 8 heteroatoms. The number of nitrogens with zero attached hydrogens (tertiary/aromatic N) is 1. The summed E-state index contributed by atoms with van der Waals surface area (Å²) in [6.45, 7) is 1.75. The molecule has 1 N–H and O–H groups in total. The highest BCUT2D eigenvalue weighted by Crippen LogP contribution is 2.25. The van der Waals surface area contributed by atoms with E-state index in [1.807, 2.05) is 0 Å². The molecular weight excluding hydrogens is 367 g/mol. The van der Waals surface area contributed by atoms with Gasteiger partial charge in [0.2, 0.25) is 10.0 Å². The van der Waals surface area contributed by atoms with Crippen LogP contribution in [0.5, 0.6) is 0 Å². The molecule has 2 rings (SSSR count). The van der Waals surface area contributed by atoms with E-state index < -0.39 is 15.9 Å². The number of sulfonamides is 1. The molecule has 2 aromatic carbocycles. The number of carbonyl (C=O) groups excluding carboxylic acids is 1. The number of hydrogen-bond acceptors (Lipinski definition) is 3. The van der Waals surface area contributed by atoms with Gasteiger partial charge in [-0.2, -0.15) is 0 Å². The largest absolute Gasteiger partial charge is 0.346 e. The van der Waals surface area contributed by atoms with Crippen LogP contribution in [0.2, 0.25) is 5.02 Å². The van der Waals surface area contributed by atoms with Crippen molar-refractivity contribution in [2.45, 2.75) is 17.9 Å². The van der Waals surface area contributed by atoms with Crippen LogP contribution in [0.15, 0.2) is 47.4 Å². The fourth-order valence-electron chi connectivity index (χ4n) is 2.15. The molecule has 0 aliphatic heterocycles. The molecule has 0 bridgehead atoms. The van der Waals surface area contributed by atoms with Gasteiger partial charge in [-0.1, -0.05) is 23.7 Å². The van der Waals surface area contributed by atoms with Gasteiger partial charge in [0.25, 0.3) is 5.91 Å². The maximum atomic E-state index is 13.0. The minimum absolute atomic E-state index is 0.0387. The summed E-state index contributed by atoms with van der Waals surface area (Å²) in [5.74, 6) is -0.817. The molecular formula is C17H18ClFN2O3S. The van der Waals surface area contributed by atoms with E-state index in [1.165, 1.54) is 44.4 Å². The maximum Gasteiger partial charge on any atom is 0.251 e. The predicted molar refractivity (Wildman–Crippen MR) is 94.6 cm³/mol. The molecule has 25 heavy (non-hydrogen) atoms. The van der Waals surface area contributed by atoms with Crippen LogP contribution >= 0.6 is 11.6 Å². The van der Waals surface area contributed by atoms with Crippen molar-refractivity contribution >= 4 is 27.5 Å². The first-order valence-corrected chi connectivity index (χ1v) is 9.23. The predicted octanol–water partition coefficient (Wildman–Crippen LogP) is 3.22. The monoisotopic (exact) mass is 384 g/mol. The second-order valence-electron chi connectivity index (χ2n) is 5.68. The summed E-state index contributed by atoms with van der Waals surface area (Å²) in [5.41, 5.74) is 0.892. The number of amides is 1. The Labute approximate surface area is 151 Å². The van der Waals surface area contributed by atoms with Crippen LogP contribution in [0, 0.1) is 5.82 Å². The van der Waals surface area contributed by atoms with Crippen LogP contribution < -0.4 is 5.32 Å². The van der Waals surface area contributed by atoms with Crippen LogP contribution in [-0.4, -0.2) is 32.7 Å². The number of benzene rings is 2. The first-order chi connectivity index (χ1) is 11.6. The first kappa shape index (κ1) is 19.4. The first-order valence-electron chi connectivity index (χ1n) is 7.41. The molecule has 0 aliphatic carbocycles. The Hall–Kier alpha value is -1.96. The van der Waals surface area contributed by atoms with E-state index in [0.717, 1.165) is 9.87 Å². The molecule has 1 unspecified atom stereocenters. The van der Waals surface area contributed by atoms with E-state index in [0.29, 0.717) is 0 Å². The SMILES string of the molecule is CC(NC(=O)c1ccc(Cl)c(S(=O)(=O)N(C)C)c1)c1ccc(F)cc1. The van der Waals surface area contributed by atoms with Crippen LogP contribution in [0.25, 0.3) is 0 Å². The van der Waals surface area contributed by atoms with Gasteiger partial charge in [0.15, 0.2) is 0 Å². The van der Waals surface area contributed by atoms with E-state index in [4.69, 9.17) is 11.6 Å². The summed E-state index contributed by atoms with van der Waals surface area (Å²) < 4.78 is 38.6. The average molecular weight is 385 g/mol. The molecule has 0 aliphatic rings. The molecule has 0 radical (unpaired) electrons. The van der Waals surface area contributed by atoms with Gasteiger partial charge in [0.05, 0.1) is 11.1 Å². The highest BCUT2D eigenvalue weighted by Gasteiger charge is 2.23. The van der Waals surface area contributed by atoms with E-state index in [9.17, 15) is 17.6 Å². The highest BCUT2D eigenvalue weighted by atomic mass is 35.5. The third-order valence-electron chi connectivity index (χ3n) is 3.67. The number of hydrogen-bond donors (Lipinski definition) is 1. The minimum Gasteiger partial charge on any atom is -0.346 e. The molecule has 134 valence electrons. The molecule has 1 amide bonds. The van der Waals surface area contributed by atoms with Crippen molar-refractivity contribution in [3.8, 4) is 0 Å². The summed E-state index contributed by atoms with van der Waals surface area (Å²) in [6.07, 6.45) is 0. The van der Waals surface area contributed by atoms with Gasteiger partial charge < -0.3 is 5.32 Å². The van der Waals surface area contributed by atoms with Crippen molar-refractivity contribution in [1.82, 2.24) is 9.62 Å². The lowest BCUT2D eigenvalue weighted by Crippen LogP contribution is -2.27. The van der Waals surface area contributed by atoms with Gasteiger partial charge in [0, 0.05) is 19.7 Å². The van der Waals surface area contributed by atoms with Crippen LogP contribution in [0.3, 0.4) is 0 Å². The zero-order valence-corrected chi connectivity index (χ0v) is 15.5. The fraction of sp³-hybridized carbons (Fsp3) is 0.235. The number of carbonyl (C=O) groups is 1. The summed E-state index contributed by atoms with van der Waals surface area (Å²) in [6, 6.07) is 9.44. The van der Waals surface area contributed by atoms with E-state index in [-0.39, 0.29) is 27.3 Å². The molecule has 2 aromatic rings. The van der Waals surface area contributed by atoms with Crippen LogP contribution in [0.4, 0.5) is 4.39 Å². The quantitative estimate of drug-likeness (QED) is 0.860. The standard InChI is InChI=1S/C17H18ClFN2O3S/c1-11(12-4-7-14(19)8-5-12)20-17(22)13-6-9-15(18)16(10-13)25(23,24)21(2)3/h4-11H,1-3H3,(H,20,22). The lowest BCUT2D eigenvalue weighted by Gasteiger charge is -2.16. The van der Waals surface area contributed by atoms with Gasteiger partial charge in [-0.3, -0.25) is 4.79 Å². The van der Waals surface area contributed by atoms with Crippen LogP contribution in [0.1, 0.15) is 28.9 Å². The molecule has 1 atom stereocenters. The highest BCUT2D eigenvalue weighted by molar-refractivity contribution is 7.89. The second kappa shape index (κ2) is 7.51. The Morgan fingerprint density at radius 1 is 1.16 bits per heavy atom. The normalized spacial score (nSPS) is 12.9. The molecule has 5 nitrogen and oxygen atoms in total. The zero-order valence-electron chi connectivity index (χ0n) is 14.0. The Kier molecular flexibility index (Phi) is 5.82. The topological polar surface area (TPSA) is 66.5 Å². The molecule has 0 saturated heterocycles. The molecule has 0 spiro atoms. The lowest BCUT2D eigenvalue weighted by atomic mass is 10.1. The Balaban J connectivity index is 2.27. The Morgan fingerprint density at radius 2 is 1.76 bits per heavy atom. The van der Waals surface area contributed by atoms with Crippen LogP contribution in [-0.2, 0) is 10.0 Å². The number of rotatable bonds is 5. The van der Waals surface area contributed by atoms with Gasteiger partial charge in [-0.15, -0.1) is 0 Å². The third kappa shape index (κ3) is 4.36. The molecule has 0 saturated carbocycles. The Morgan fingerprint density at radius 3 is 2.32 bits per heavy atom. The summed E-state index contributed by atoms with van der Waals surface area (Å²) in [4.78, 5) is 12.3. The zero-order chi connectivity index (χ0) is 18.8. The lowest BCUT2D eigenvalue weighted by molar-refractivity contribution is 0.0939. The number of nitrogens with one attached hydrogen (secondary N) is 1. The maximum absolute atomic E-state index is 13.0. The summed E-state index contributed by atoms with van der Waals surface area (Å²) in [7, 11) is -1.00. The van der Waals surface area contributed by atoms with E-state index >= 15 is 0 Å². The van der Waals surface area contributed by atoms with Crippen molar-refractivity contribution in [2.24, 2.45) is 0 Å². The van der Waals surface area contributed by atoms with Gasteiger partial charge in [0.1, 0.15) is 10.7 Å². The van der Waals surface area contributed by atoms with Gasteiger partial charge >= 0.3 is 0 Å². The molecule has 0 heterocycles. The van der Waals surface area contributed by atoms with E-state index in [2.05, 4.69) is 5.32 Å². The number of halogens is 2. The third-order valence-corrected chi connectivity index (χ3v) is 5.97. The minimum atomic E-state index is -3.77. The molecule has 0 aromatic heterocycles. The van der Waals surface area contributed by atoms with E-state index in [1.54, 1.807) is 19.1 Å². The summed E-state index contributed by atoms with van der Waals surface area (Å²) in [5, 5.41) is 2.79. The Bertz CT molecular complexity index is 883. The van der Waals surface area contributed by atoms with Crippen molar-refractivity contribution in [1.29, 1.82) is 0 Å². The fourth-order valence-corrected chi connectivity index (χ4v) is 3.55. The van der Waals surface area contributed by atoms with Gasteiger partial charge in [-0.05, 0) is 42.8 Å². The van der Waals surface area contributed by atoms with Crippen molar-refractivity contribution in [3.05, 3.63) is 64.4 Å². The average Bonchev–Trinajstić information content (AvgIpc) is 2.55. The molecule has 0 fully saturated rings. The van der Waals surface area contributed by atoms with Gasteiger partial charge in [-0.25, -0.2) is 17.1 Å². The van der Waals surface area contributed by atoms with Crippen molar-refractivity contribution < 1.29 is 17.6 Å². The van der Waals surface area contributed by atoms with Crippen molar-refractivity contribution in [3.63, 3.8) is 0 Å². The smallest absolute Gasteiger partial charge is 0.251 e. The summed E-state index contributed by atoms with van der Waals surface area (Å²) >= 11 is 5.97. The second-order valence-corrected chi connectivity index (χ2v) is 8.21. The van der Waals surface area contributed by atoms with Crippen molar-refractivity contribution in [2.75, 3.05) is 14.1 Å².